The minimum Gasteiger partial charge on any atom is -0.342 e. The fourth-order valence-electron chi connectivity index (χ4n) is 2.00. The van der Waals surface area contributed by atoms with Crippen LogP contribution in [0.15, 0.2) is 23.1 Å². The van der Waals surface area contributed by atoms with Crippen molar-refractivity contribution >= 4 is 15.9 Å². The molecule has 0 aromatic heterocycles. The second-order valence-electron chi connectivity index (χ2n) is 4.97. The Kier molecular flexibility index (Phi) is 6.34. The van der Waals surface area contributed by atoms with Gasteiger partial charge in [-0.15, -0.1) is 0 Å². The molecular formula is C14H18F4N2O3S. The maximum Gasteiger partial charge on any atom is 0.416 e. The number of hydrogen-bond acceptors (Lipinski definition) is 3. The summed E-state index contributed by atoms with van der Waals surface area (Å²) in [6.07, 6.45) is -4.81. The van der Waals surface area contributed by atoms with Crippen LogP contribution in [0.4, 0.5) is 17.6 Å². The summed E-state index contributed by atoms with van der Waals surface area (Å²) >= 11 is 0. The lowest BCUT2D eigenvalue weighted by atomic mass is 10.2. The highest BCUT2D eigenvalue weighted by atomic mass is 32.2. The number of halogens is 4. The minimum absolute atomic E-state index is 0.225. The lowest BCUT2D eigenvalue weighted by Gasteiger charge is -2.23. The van der Waals surface area contributed by atoms with Crippen LogP contribution in [-0.4, -0.2) is 50.2 Å². The largest absolute Gasteiger partial charge is 0.416 e. The third kappa shape index (κ3) is 4.44. The topological polar surface area (TPSA) is 57.7 Å². The number of sulfonamides is 1. The maximum absolute atomic E-state index is 13.8. The van der Waals surface area contributed by atoms with Crippen LogP contribution in [0.2, 0.25) is 0 Å². The number of carbonyl (C=O) groups is 1. The molecule has 0 fully saturated rings. The van der Waals surface area contributed by atoms with Crippen molar-refractivity contribution in [1.29, 1.82) is 0 Å². The summed E-state index contributed by atoms with van der Waals surface area (Å²) in [5.41, 5.74) is -1.29. The lowest BCUT2D eigenvalue weighted by molar-refractivity contribution is -0.137. The molecule has 10 heteroatoms. The average molecular weight is 370 g/mol. The molecule has 1 rings (SSSR count). The molecule has 0 atom stereocenters. The Balaban J connectivity index is 3.18. The summed E-state index contributed by atoms with van der Waals surface area (Å²) < 4.78 is 77.1. The van der Waals surface area contributed by atoms with Crippen LogP contribution in [0.5, 0.6) is 0 Å². The Hall–Kier alpha value is -1.68. The van der Waals surface area contributed by atoms with Crippen LogP contribution in [0.3, 0.4) is 0 Å². The number of rotatable bonds is 6. The molecule has 0 unspecified atom stereocenters. The van der Waals surface area contributed by atoms with Gasteiger partial charge in [0.25, 0.3) is 0 Å². The van der Waals surface area contributed by atoms with Gasteiger partial charge in [-0.3, -0.25) is 4.79 Å². The van der Waals surface area contributed by atoms with Crippen molar-refractivity contribution in [2.45, 2.75) is 24.9 Å². The van der Waals surface area contributed by atoms with E-state index < -0.39 is 44.9 Å². The molecule has 0 aliphatic heterocycles. The molecule has 1 aromatic carbocycles. The van der Waals surface area contributed by atoms with E-state index in [-0.39, 0.29) is 6.07 Å². The van der Waals surface area contributed by atoms with E-state index in [9.17, 15) is 30.8 Å². The number of benzene rings is 1. The Morgan fingerprint density at radius 2 is 1.71 bits per heavy atom. The molecule has 136 valence electrons. The van der Waals surface area contributed by atoms with Gasteiger partial charge in [-0.2, -0.15) is 17.5 Å². The van der Waals surface area contributed by atoms with E-state index >= 15 is 0 Å². The number of amides is 1. The number of nitrogens with zero attached hydrogens (tertiary/aromatic N) is 2. The molecule has 0 aliphatic rings. The van der Waals surface area contributed by atoms with Crippen molar-refractivity contribution in [1.82, 2.24) is 9.21 Å². The van der Waals surface area contributed by atoms with Gasteiger partial charge >= 0.3 is 6.18 Å². The number of hydrogen-bond donors (Lipinski definition) is 0. The van der Waals surface area contributed by atoms with Crippen LogP contribution < -0.4 is 0 Å². The third-order valence-corrected chi connectivity index (χ3v) is 5.24. The van der Waals surface area contributed by atoms with Crippen molar-refractivity contribution in [2.24, 2.45) is 0 Å². The van der Waals surface area contributed by atoms with Crippen LogP contribution in [-0.2, 0) is 21.0 Å². The smallest absolute Gasteiger partial charge is 0.342 e. The van der Waals surface area contributed by atoms with Crippen LogP contribution >= 0.6 is 0 Å². The molecule has 0 N–H and O–H groups in total. The SMILES string of the molecule is CCN(CC)C(=O)CN(C)S(=O)(=O)c1cc(C(F)(F)F)ccc1F. The summed E-state index contributed by atoms with van der Waals surface area (Å²) in [4.78, 5) is 12.2. The van der Waals surface area contributed by atoms with Gasteiger partial charge in [0.15, 0.2) is 0 Å². The van der Waals surface area contributed by atoms with Gasteiger partial charge in [0, 0.05) is 20.1 Å². The van der Waals surface area contributed by atoms with Gasteiger partial charge in [0.05, 0.1) is 12.1 Å². The number of likely N-dealkylation sites (N-methyl/N-ethyl adjacent to an activating group) is 2. The summed E-state index contributed by atoms with van der Waals surface area (Å²) in [5, 5.41) is 0. The molecule has 0 spiro atoms. The van der Waals surface area contributed by atoms with E-state index in [4.69, 9.17) is 0 Å². The standard InChI is InChI=1S/C14H18F4N2O3S/c1-4-20(5-2)13(21)9-19(3)24(22,23)12-8-10(14(16,17)18)6-7-11(12)15/h6-8H,4-5,9H2,1-3H3. The van der Waals surface area contributed by atoms with E-state index in [1.54, 1.807) is 13.8 Å². The first kappa shape index (κ1) is 20.4. The summed E-state index contributed by atoms with van der Waals surface area (Å²) in [6, 6.07) is 1.12. The van der Waals surface area contributed by atoms with E-state index in [1.807, 2.05) is 0 Å². The van der Waals surface area contributed by atoms with Gasteiger partial charge in [-0.1, -0.05) is 0 Å². The van der Waals surface area contributed by atoms with Crippen molar-refractivity contribution in [3.05, 3.63) is 29.6 Å². The monoisotopic (exact) mass is 370 g/mol. The number of alkyl halides is 3. The molecule has 0 bridgehead atoms. The Morgan fingerprint density at radius 3 is 2.17 bits per heavy atom. The minimum atomic E-state index is -4.81. The maximum atomic E-state index is 13.8. The second kappa shape index (κ2) is 7.47. The molecule has 24 heavy (non-hydrogen) atoms. The second-order valence-corrected chi connectivity index (χ2v) is 6.98. The third-order valence-electron chi connectivity index (χ3n) is 3.42. The quantitative estimate of drug-likeness (QED) is 0.723. The molecule has 5 nitrogen and oxygen atoms in total. The Bertz CT molecular complexity index is 700. The van der Waals surface area contributed by atoms with Gasteiger partial charge in [0.2, 0.25) is 15.9 Å². The molecule has 0 saturated carbocycles. The molecule has 0 aliphatic carbocycles. The Labute approximate surface area is 137 Å². The highest BCUT2D eigenvalue weighted by Crippen LogP contribution is 2.32. The fourth-order valence-corrected chi connectivity index (χ4v) is 3.20. The zero-order chi connectivity index (χ0) is 18.7. The van der Waals surface area contributed by atoms with E-state index in [0.717, 1.165) is 7.05 Å². The summed E-state index contributed by atoms with van der Waals surface area (Å²) in [5.74, 6) is -1.84. The molecule has 0 radical (unpaired) electrons. The van der Waals surface area contributed by atoms with Crippen molar-refractivity contribution in [2.75, 3.05) is 26.7 Å². The van der Waals surface area contributed by atoms with Gasteiger partial charge in [-0.25, -0.2) is 12.8 Å². The zero-order valence-corrected chi connectivity index (χ0v) is 14.2. The summed E-state index contributed by atoms with van der Waals surface area (Å²) in [6.45, 7) is 3.49. The van der Waals surface area contributed by atoms with E-state index in [2.05, 4.69) is 0 Å². The zero-order valence-electron chi connectivity index (χ0n) is 13.4. The lowest BCUT2D eigenvalue weighted by Crippen LogP contribution is -2.41. The van der Waals surface area contributed by atoms with Gasteiger partial charge in [0.1, 0.15) is 10.7 Å². The van der Waals surface area contributed by atoms with Gasteiger partial charge in [-0.05, 0) is 32.0 Å². The predicted molar refractivity (Wildman–Crippen MR) is 79.1 cm³/mol. The molecule has 0 saturated heterocycles. The fraction of sp³-hybridized carbons (Fsp3) is 0.500. The average Bonchev–Trinajstić information content (AvgIpc) is 2.47. The van der Waals surface area contributed by atoms with Crippen LogP contribution in [0, 0.1) is 5.82 Å². The molecular weight excluding hydrogens is 352 g/mol. The highest BCUT2D eigenvalue weighted by Gasteiger charge is 2.34. The first-order valence-corrected chi connectivity index (χ1v) is 8.50. The first-order chi connectivity index (χ1) is 10.9. The van der Waals surface area contributed by atoms with Crippen LogP contribution in [0.1, 0.15) is 19.4 Å². The van der Waals surface area contributed by atoms with Crippen LogP contribution in [0.25, 0.3) is 0 Å². The van der Waals surface area contributed by atoms with Crippen molar-refractivity contribution in [3.8, 4) is 0 Å². The normalized spacial score (nSPS) is 12.5. The first-order valence-electron chi connectivity index (χ1n) is 7.06. The van der Waals surface area contributed by atoms with Crippen molar-refractivity contribution < 1.29 is 30.8 Å². The van der Waals surface area contributed by atoms with E-state index in [0.29, 0.717) is 29.5 Å². The number of carbonyl (C=O) groups excluding carboxylic acids is 1. The summed E-state index contributed by atoms with van der Waals surface area (Å²) in [7, 11) is -3.58. The van der Waals surface area contributed by atoms with Gasteiger partial charge < -0.3 is 4.90 Å². The molecule has 1 amide bonds. The molecule has 1 aromatic rings. The van der Waals surface area contributed by atoms with Crippen molar-refractivity contribution in [3.63, 3.8) is 0 Å². The van der Waals surface area contributed by atoms with E-state index in [1.165, 1.54) is 4.90 Å². The molecule has 0 heterocycles. The highest BCUT2D eigenvalue weighted by molar-refractivity contribution is 7.89. The predicted octanol–water partition coefficient (Wildman–Crippen LogP) is 2.33. The Morgan fingerprint density at radius 1 is 1.17 bits per heavy atom.